The molecular weight excluding hydrogens is 473 g/mol. The van der Waals surface area contributed by atoms with E-state index in [9.17, 15) is 0 Å². The molecule has 28 heavy (non-hydrogen) atoms. The summed E-state index contributed by atoms with van der Waals surface area (Å²) in [6.07, 6.45) is 0.782. The first kappa shape index (κ1) is 23.8. The van der Waals surface area contributed by atoms with Crippen molar-refractivity contribution in [2.45, 2.75) is 13.0 Å². The molecule has 0 unspecified atom stereocenters. The predicted molar refractivity (Wildman–Crippen MR) is 122 cm³/mol. The third-order valence-corrected chi connectivity index (χ3v) is 3.81. The Morgan fingerprint density at radius 3 is 2.32 bits per heavy atom. The maximum Gasteiger partial charge on any atom is 0.193 e. The van der Waals surface area contributed by atoms with Gasteiger partial charge >= 0.3 is 0 Å². The van der Waals surface area contributed by atoms with Crippen molar-refractivity contribution in [1.82, 2.24) is 0 Å². The highest BCUT2D eigenvalue weighted by molar-refractivity contribution is 14.0. The molecule has 0 saturated heterocycles. The Kier molecular flexibility index (Phi) is 11.1. The molecule has 8 heteroatoms. The molecule has 0 saturated carbocycles. The summed E-state index contributed by atoms with van der Waals surface area (Å²) in [6, 6.07) is 13.3. The lowest BCUT2D eigenvalue weighted by molar-refractivity contribution is 0.120. The molecule has 2 aromatic rings. The van der Waals surface area contributed by atoms with Gasteiger partial charge in [-0.15, -0.1) is 24.0 Å². The summed E-state index contributed by atoms with van der Waals surface area (Å²) >= 11 is 0. The van der Waals surface area contributed by atoms with Crippen LogP contribution in [0.1, 0.15) is 12.0 Å². The van der Waals surface area contributed by atoms with Crippen LogP contribution in [0.25, 0.3) is 0 Å². The van der Waals surface area contributed by atoms with E-state index >= 15 is 0 Å². The van der Waals surface area contributed by atoms with Gasteiger partial charge < -0.3 is 30.0 Å². The Morgan fingerprint density at radius 1 is 0.964 bits per heavy atom. The van der Waals surface area contributed by atoms with Gasteiger partial charge in [-0.3, -0.25) is 4.99 Å². The van der Waals surface area contributed by atoms with Crippen LogP contribution in [0.4, 0.5) is 5.69 Å². The highest BCUT2D eigenvalue weighted by atomic mass is 127. The van der Waals surface area contributed by atoms with Gasteiger partial charge in [-0.05, 0) is 36.2 Å². The van der Waals surface area contributed by atoms with Crippen LogP contribution in [0, 0.1) is 0 Å². The number of guanidine groups is 1. The lowest BCUT2D eigenvalue weighted by atomic mass is 10.2. The van der Waals surface area contributed by atoms with Crippen molar-refractivity contribution in [3.8, 4) is 17.2 Å². The first-order valence-corrected chi connectivity index (χ1v) is 8.66. The van der Waals surface area contributed by atoms with Crippen LogP contribution in [-0.4, -0.2) is 40.4 Å². The Morgan fingerprint density at radius 2 is 1.68 bits per heavy atom. The van der Waals surface area contributed by atoms with E-state index < -0.39 is 0 Å². The average molecular weight is 501 g/mol. The molecule has 0 aliphatic carbocycles. The summed E-state index contributed by atoms with van der Waals surface area (Å²) in [5.74, 6) is 2.47. The van der Waals surface area contributed by atoms with Crippen molar-refractivity contribution in [2.75, 3.05) is 39.8 Å². The average Bonchev–Trinajstić information content (AvgIpc) is 2.70. The van der Waals surface area contributed by atoms with Crippen molar-refractivity contribution in [1.29, 1.82) is 0 Å². The number of rotatable bonds is 10. The quantitative estimate of drug-likeness (QED) is 0.224. The molecule has 0 heterocycles. The lowest BCUT2D eigenvalue weighted by Gasteiger charge is -2.11. The first-order valence-electron chi connectivity index (χ1n) is 8.66. The van der Waals surface area contributed by atoms with Crippen molar-refractivity contribution in [3.05, 3.63) is 48.0 Å². The third-order valence-electron chi connectivity index (χ3n) is 3.81. The van der Waals surface area contributed by atoms with Crippen LogP contribution in [0.15, 0.2) is 47.5 Å². The fraction of sp³-hybridized carbons (Fsp3) is 0.350. The summed E-state index contributed by atoms with van der Waals surface area (Å²) in [5.41, 5.74) is 7.80. The second kappa shape index (κ2) is 13.1. The Labute approximate surface area is 183 Å². The third kappa shape index (κ3) is 7.81. The maximum absolute atomic E-state index is 5.92. The number of hydrogen-bond acceptors (Lipinski definition) is 5. The fourth-order valence-corrected chi connectivity index (χ4v) is 2.38. The maximum atomic E-state index is 5.92. The van der Waals surface area contributed by atoms with Crippen LogP contribution < -0.4 is 25.3 Å². The number of hydrogen-bond donors (Lipinski definition) is 2. The van der Waals surface area contributed by atoms with Gasteiger partial charge in [-0.2, -0.15) is 0 Å². The molecule has 0 amide bonds. The molecule has 0 aliphatic heterocycles. The van der Waals surface area contributed by atoms with Crippen LogP contribution >= 0.6 is 24.0 Å². The molecule has 2 rings (SSSR count). The van der Waals surface area contributed by atoms with E-state index in [0.717, 1.165) is 23.4 Å². The molecule has 0 atom stereocenters. The molecule has 0 radical (unpaired) electrons. The predicted octanol–water partition coefficient (Wildman–Crippen LogP) is 3.66. The zero-order valence-electron chi connectivity index (χ0n) is 16.4. The zero-order valence-corrected chi connectivity index (χ0v) is 18.8. The van der Waals surface area contributed by atoms with E-state index in [1.807, 2.05) is 30.3 Å². The van der Waals surface area contributed by atoms with Gasteiger partial charge in [0.1, 0.15) is 5.75 Å². The normalized spacial score (nSPS) is 10.8. The fourth-order valence-electron chi connectivity index (χ4n) is 2.38. The van der Waals surface area contributed by atoms with Crippen LogP contribution in [0.5, 0.6) is 17.2 Å². The Hall–Kier alpha value is -2.20. The second-order valence-corrected chi connectivity index (χ2v) is 5.72. The molecule has 0 bridgehead atoms. The summed E-state index contributed by atoms with van der Waals surface area (Å²) in [6.45, 7) is 1.75. The highest BCUT2D eigenvalue weighted by Gasteiger charge is 2.05. The molecule has 2 aromatic carbocycles. The van der Waals surface area contributed by atoms with E-state index in [0.29, 0.717) is 37.2 Å². The summed E-state index contributed by atoms with van der Waals surface area (Å²) in [5, 5.41) is 3.04. The smallest absolute Gasteiger partial charge is 0.193 e. The van der Waals surface area contributed by atoms with Gasteiger partial charge in [0.05, 0.1) is 27.9 Å². The van der Waals surface area contributed by atoms with Gasteiger partial charge in [0.25, 0.3) is 0 Å². The summed E-state index contributed by atoms with van der Waals surface area (Å²) in [7, 11) is 4.83. The highest BCUT2D eigenvalue weighted by Crippen LogP contribution is 2.29. The van der Waals surface area contributed by atoms with Crippen molar-refractivity contribution in [3.63, 3.8) is 0 Å². The van der Waals surface area contributed by atoms with Gasteiger partial charge in [0.15, 0.2) is 17.5 Å². The van der Waals surface area contributed by atoms with E-state index in [-0.39, 0.29) is 24.0 Å². The standard InChI is InChI=1S/C20H27N3O4.HI/c1-24-17-8-5-15(6-9-17)14-27-12-4-11-22-20(21)23-16-7-10-18(25-2)19(13-16)26-3;/h5-10,13H,4,11-12,14H2,1-3H3,(H3,21,22,23);1H. The number of benzene rings is 2. The summed E-state index contributed by atoms with van der Waals surface area (Å²) < 4.78 is 21.2. The molecule has 154 valence electrons. The van der Waals surface area contributed by atoms with Crippen molar-refractivity contribution < 1.29 is 18.9 Å². The largest absolute Gasteiger partial charge is 0.497 e. The minimum absolute atomic E-state index is 0. The number of ether oxygens (including phenoxy) is 4. The number of halogens is 1. The molecule has 0 spiro atoms. The topological polar surface area (TPSA) is 87.3 Å². The number of aliphatic imine (C=N–C) groups is 1. The van der Waals surface area contributed by atoms with Crippen molar-refractivity contribution in [2.24, 2.45) is 10.7 Å². The van der Waals surface area contributed by atoms with Crippen LogP contribution in [-0.2, 0) is 11.3 Å². The van der Waals surface area contributed by atoms with Crippen LogP contribution in [0.2, 0.25) is 0 Å². The molecule has 3 N–H and O–H groups in total. The Balaban J connectivity index is 0.00000392. The zero-order chi connectivity index (χ0) is 19.5. The number of anilines is 1. The SMILES string of the molecule is COc1ccc(COCCCN=C(N)Nc2ccc(OC)c(OC)c2)cc1.I. The van der Waals surface area contributed by atoms with Gasteiger partial charge in [0, 0.05) is 24.9 Å². The molecule has 0 fully saturated rings. The minimum atomic E-state index is 0. The number of methoxy groups -OCH3 is 3. The number of nitrogens with zero attached hydrogens (tertiary/aromatic N) is 1. The van der Waals surface area contributed by atoms with E-state index in [1.165, 1.54) is 0 Å². The van der Waals surface area contributed by atoms with E-state index in [1.54, 1.807) is 33.5 Å². The van der Waals surface area contributed by atoms with Gasteiger partial charge in [0.2, 0.25) is 0 Å². The Bertz CT molecular complexity index is 739. The monoisotopic (exact) mass is 501 g/mol. The van der Waals surface area contributed by atoms with Crippen LogP contribution in [0.3, 0.4) is 0 Å². The van der Waals surface area contributed by atoms with Gasteiger partial charge in [-0.25, -0.2) is 0 Å². The van der Waals surface area contributed by atoms with E-state index in [2.05, 4.69) is 10.3 Å². The molecule has 7 nitrogen and oxygen atoms in total. The first-order chi connectivity index (χ1) is 13.2. The molecular formula is C20H28IN3O4. The summed E-state index contributed by atoms with van der Waals surface area (Å²) in [4.78, 5) is 4.30. The minimum Gasteiger partial charge on any atom is -0.497 e. The van der Waals surface area contributed by atoms with Crippen molar-refractivity contribution >= 4 is 35.6 Å². The molecule has 0 aliphatic rings. The van der Waals surface area contributed by atoms with E-state index in [4.69, 9.17) is 24.7 Å². The lowest BCUT2D eigenvalue weighted by Crippen LogP contribution is -2.23. The van der Waals surface area contributed by atoms with Gasteiger partial charge in [-0.1, -0.05) is 12.1 Å². The molecule has 0 aromatic heterocycles. The number of nitrogens with two attached hydrogens (primary N) is 1. The number of nitrogens with one attached hydrogen (secondary N) is 1. The second-order valence-electron chi connectivity index (χ2n) is 5.72.